The molecule has 0 fully saturated rings. The van der Waals surface area contributed by atoms with Crippen LogP contribution in [0.2, 0.25) is 0 Å². The van der Waals surface area contributed by atoms with E-state index >= 15 is 0 Å². The molecule has 112 valence electrons. The summed E-state index contributed by atoms with van der Waals surface area (Å²) in [5.74, 6) is -0.732. The number of amides is 1. The predicted molar refractivity (Wildman–Crippen MR) is 92.4 cm³/mol. The highest BCUT2D eigenvalue weighted by atomic mass is 79.9. The van der Waals surface area contributed by atoms with Gasteiger partial charge >= 0.3 is 0 Å². The third-order valence-corrected chi connectivity index (χ3v) is 3.82. The smallest absolute Gasteiger partial charge is 0.268 e. The number of aromatic nitrogens is 1. The minimum Gasteiger partial charge on any atom is -0.364 e. The van der Waals surface area contributed by atoms with E-state index in [1.54, 1.807) is 6.07 Å². The lowest BCUT2D eigenvalue weighted by molar-refractivity contribution is 0.0995. The lowest BCUT2D eigenvalue weighted by atomic mass is 10.1. The van der Waals surface area contributed by atoms with Crippen molar-refractivity contribution in [3.8, 4) is 6.07 Å². The van der Waals surface area contributed by atoms with E-state index in [0.29, 0.717) is 11.2 Å². The first-order chi connectivity index (χ1) is 11.1. The maximum atomic E-state index is 11.7. The number of rotatable bonds is 3. The van der Waals surface area contributed by atoms with Gasteiger partial charge in [0.25, 0.3) is 5.91 Å². The molecule has 0 aliphatic rings. The maximum absolute atomic E-state index is 11.7. The molecule has 2 aromatic carbocycles. The van der Waals surface area contributed by atoms with Crippen molar-refractivity contribution >= 4 is 44.1 Å². The van der Waals surface area contributed by atoms with Crippen LogP contribution in [0.5, 0.6) is 0 Å². The Morgan fingerprint density at radius 2 is 2.00 bits per heavy atom. The molecule has 0 bridgehead atoms. The summed E-state index contributed by atoms with van der Waals surface area (Å²) in [4.78, 5) is 15.9. The lowest BCUT2D eigenvalue weighted by Gasteiger charge is -2.13. The van der Waals surface area contributed by atoms with Crippen molar-refractivity contribution in [2.75, 3.05) is 5.32 Å². The Labute approximate surface area is 140 Å². The summed E-state index contributed by atoms with van der Waals surface area (Å²) in [6.07, 6.45) is 0. The van der Waals surface area contributed by atoms with Gasteiger partial charge in [0.1, 0.15) is 17.3 Å². The number of pyridine rings is 1. The summed E-state index contributed by atoms with van der Waals surface area (Å²) in [5.41, 5.74) is 7.37. The third-order valence-electron chi connectivity index (χ3n) is 3.33. The largest absolute Gasteiger partial charge is 0.364 e. The Balaban J connectivity index is 2.28. The van der Waals surface area contributed by atoms with Gasteiger partial charge in [-0.05, 0) is 24.3 Å². The summed E-state index contributed by atoms with van der Waals surface area (Å²) in [7, 11) is 0. The van der Waals surface area contributed by atoms with Crippen molar-refractivity contribution < 1.29 is 4.79 Å². The molecule has 0 saturated carbocycles. The van der Waals surface area contributed by atoms with Gasteiger partial charge in [-0.25, -0.2) is 4.98 Å². The van der Waals surface area contributed by atoms with Crippen molar-refractivity contribution in [3.05, 3.63) is 64.3 Å². The number of anilines is 2. The van der Waals surface area contributed by atoms with Crippen LogP contribution in [-0.2, 0) is 0 Å². The summed E-state index contributed by atoms with van der Waals surface area (Å²) in [6, 6.07) is 16.8. The zero-order chi connectivity index (χ0) is 16.4. The number of nitriles is 1. The normalized spacial score (nSPS) is 10.3. The van der Waals surface area contributed by atoms with Gasteiger partial charge in [-0.2, -0.15) is 5.26 Å². The van der Waals surface area contributed by atoms with Crippen molar-refractivity contribution in [2.24, 2.45) is 5.73 Å². The quantitative estimate of drug-likeness (QED) is 0.738. The Morgan fingerprint density at radius 1 is 1.22 bits per heavy atom. The fourth-order valence-corrected chi connectivity index (χ4v) is 2.74. The highest BCUT2D eigenvalue weighted by Gasteiger charge is 2.18. The average molecular weight is 367 g/mol. The molecule has 5 nitrogen and oxygen atoms in total. The van der Waals surface area contributed by atoms with E-state index in [1.165, 1.54) is 0 Å². The number of nitrogens with one attached hydrogen (secondary N) is 1. The minimum atomic E-state index is -0.732. The Morgan fingerprint density at radius 3 is 2.70 bits per heavy atom. The number of nitrogens with two attached hydrogens (primary N) is 1. The number of para-hydroxylation sites is 1. The first-order valence-corrected chi connectivity index (χ1v) is 7.54. The highest BCUT2D eigenvalue weighted by Crippen LogP contribution is 2.31. The fourth-order valence-electron chi connectivity index (χ4n) is 2.34. The summed E-state index contributed by atoms with van der Waals surface area (Å²) >= 11 is 3.41. The van der Waals surface area contributed by atoms with Gasteiger partial charge in [0.2, 0.25) is 0 Å². The van der Waals surface area contributed by atoms with Crippen LogP contribution in [0.15, 0.2) is 53.0 Å². The molecule has 3 aromatic rings. The van der Waals surface area contributed by atoms with Gasteiger partial charge < -0.3 is 11.1 Å². The van der Waals surface area contributed by atoms with Gasteiger partial charge in [-0.15, -0.1) is 0 Å². The predicted octanol–water partition coefficient (Wildman–Crippen LogP) is 3.71. The molecule has 0 atom stereocenters. The van der Waals surface area contributed by atoms with Gasteiger partial charge in [-0.3, -0.25) is 4.79 Å². The number of primary amides is 1. The number of halogens is 1. The molecule has 0 spiro atoms. The number of benzene rings is 2. The molecule has 1 heterocycles. The van der Waals surface area contributed by atoms with Crippen LogP contribution in [-0.4, -0.2) is 10.9 Å². The van der Waals surface area contributed by atoms with E-state index in [0.717, 1.165) is 15.5 Å². The number of carbonyl (C=O) groups is 1. The first kappa shape index (κ1) is 15.0. The zero-order valence-corrected chi connectivity index (χ0v) is 13.5. The molecule has 0 radical (unpaired) electrons. The van der Waals surface area contributed by atoms with Crippen molar-refractivity contribution in [1.82, 2.24) is 4.98 Å². The van der Waals surface area contributed by atoms with Crippen LogP contribution in [0.3, 0.4) is 0 Å². The Bertz CT molecular complexity index is 962. The maximum Gasteiger partial charge on any atom is 0.268 e. The van der Waals surface area contributed by atoms with Crippen LogP contribution < -0.4 is 11.1 Å². The second-order valence-electron chi connectivity index (χ2n) is 4.84. The van der Waals surface area contributed by atoms with Crippen LogP contribution >= 0.6 is 15.9 Å². The highest BCUT2D eigenvalue weighted by molar-refractivity contribution is 9.10. The summed E-state index contributed by atoms with van der Waals surface area (Å²) in [5, 5.41) is 13.4. The number of carbonyl (C=O) groups excluding carboxylic acids is 1. The summed E-state index contributed by atoms with van der Waals surface area (Å²) in [6.45, 7) is 0. The number of hydrogen-bond acceptors (Lipinski definition) is 4. The molecule has 0 aliphatic carbocycles. The van der Waals surface area contributed by atoms with Crippen molar-refractivity contribution in [2.45, 2.75) is 0 Å². The topological polar surface area (TPSA) is 91.8 Å². The third kappa shape index (κ3) is 2.87. The molecular formula is C17H11BrN4O. The zero-order valence-electron chi connectivity index (χ0n) is 11.9. The second kappa shape index (κ2) is 6.07. The molecule has 0 saturated heterocycles. The number of hydrogen-bond donors (Lipinski definition) is 2. The van der Waals surface area contributed by atoms with Gasteiger partial charge in [0, 0.05) is 15.5 Å². The molecule has 23 heavy (non-hydrogen) atoms. The molecule has 3 N–H and O–H groups in total. The van der Waals surface area contributed by atoms with E-state index < -0.39 is 5.91 Å². The SMILES string of the molecule is N#Cc1c(C(N)=O)nc2ccccc2c1Nc1cccc(Br)c1. The first-order valence-electron chi connectivity index (χ1n) is 6.75. The number of nitrogens with zero attached hydrogens (tertiary/aromatic N) is 2. The Kier molecular flexibility index (Phi) is 3.96. The Hall–Kier alpha value is -2.91. The molecule has 3 rings (SSSR count). The summed E-state index contributed by atoms with van der Waals surface area (Å²) < 4.78 is 0.898. The van der Waals surface area contributed by atoms with Crippen LogP contribution in [0.1, 0.15) is 16.1 Å². The van der Waals surface area contributed by atoms with Gasteiger partial charge in [0.05, 0.1) is 11.2 Å². The monoisotopic (exact) mass is 366 g/mol. The fraction of sp³-hybridized carbons (Fsp3) is 0. The molecule has 0 unspecified atom stereocenters. The van der Waals surface area contributed by atoms with E-state index in [9.17, 15) is 10.1 Å². The van der Waals surface area contributed by atoms with Gasteiger partial charge in [-0.1, -0.05) is 40.2 Å². The molecule has 6 heteroatoms. The van der Waals surface area contributed by atoms with E-state index in [2.05, 4.69) is 26.2 Å². The van der Waals surface area contributed by atoms with E-state index in [4.69, 9.17) is 5.73 Å². The standard InChI is InChI=1S/C17H11BrN4O/c18-10-4-3-5-11(8-10)21-15-12-6-1-2-7-14(12)22-16(17(20)23)13(15)9-19/h1-8H,(H2,20,23)(H,21,22). The number of fused-ring (bicyclic) bond motifs is 1. The second-order valence-corrected chi connectivity index (χ2v) is 5.75. The lowest BCUT2D eigenvalue weighted by Crippen LogP contribution is -2.16. The van der Waals surface area contributed by atoms with Gasteiger partial charge in [0.15, 0.2) is 0 Å². The van der Waals surface area contributed by atoms with E-state index in [-0.39, 0.29) is 11.3 Å². The minimum absolute atomic E-state index is 0.0382. The van der Waals surface area contributed by atoms with Crippen molar-refractivity contribution in [1.29, 1.82) is 5.26 Å². The van der Waals surface area contributed by atoms with Crippen LogP contribution in [0.25, 0.3) is 10.9 Å². The van der Waals surface area contributed by atoms with Crippen molar-refractivity contribution in [3.63, 3.8) is 0 Å². The molecule has 0 aliphatic heterocycles. The molecule has 1 aromatic heterocycles. The molecule has 1 amide bonds. The average Bonchev–Trinajstić information content (AvgIpc) is 2.54. The van der Waals surface area contributed by atoms with Crippen LogP contribution in [0, 0.1) is 11.3 Å². The van der Waals surface area contributed by atoms with Crippen LogP contribution in [0.4, 0.5) is 11.4 Å². The van der Waals surface area contributed by atoms with E-state index in [1.807, 2.05) is 48.5 Å². The molecular weight excluding hydrogens is 356 g/mol.